The van der Waals surface area contributed by atoms with Crippen molar-refractivity contribution in [3.63, 3.8) is 0 Å². The van der Waals surface area contributed by atoms with Gasteiger partial charge in [0.05, 0.1) is 0 Å². The van der Waals surface area contributed by atoms with Crippen LogP contribution in [0, 0.1) is 0 Å². The summed E-state index contributed by atoms with van der Waals surface area (Å²) >= 11 is 0. The molecule has 0 bridgehead atoms. The molecule has 41 heavy (non-hydrogen) atoms. The van der Waals surface area contributed by atoms with Crippen molar-refractivity contribution >= 4 is 21.8 Å². The Labute approximate surface area is 254 Å². The molecular formula is C40H65N. The minimum atomic E-state index is 1.22. The number of rotatable bonds is 26. The summed E-state index contributed by atoms with van der Waals surface area (Å²) < 4.78 is 0. The summed E-state index contributed by atoms with van der Waals surface area (Å²) in [7, 11) is 0. The molecule has 0 atom stereocenters. The third-order valence-electron chi connectivity index (χ3n) is 9.37. The third kappa shape index (κ3) is 13.8. The quantitative estimate of drug-likeness (QED) is 0.0941. The van der Waals surface area contributed by atoms with Gasteiger partial charge >= 0.3 is 0 Å². The molecular weight excluding hydrogens is 494 g/mol. The lowest BCUT2D eigenvalue weighted by Gasteiger charge is -2.05. The molecule has 0 aliphatic heterocycles. The minimum Gasteiger partial charge on any atom is -0.355 e. The van der Waals surface area contributed by atoms with Crippen LogP contribution in [0.5, 0.6) is 0 Å². The third-order valence-corrected chi connectivity index (χ3v) is 9.37. The molecule has 1 heterocycles. The Kier molecular flexibility index (Phi) is 18.0. The molecule has 0 aliphatic rings. The van der Waals surface area contributed by atoms with Gasteiger partial charge in [-0.1, -0.05) is 167 Å². The first kappa shape index (κ1) is 33.7. The summed E-state index contributed by atoms with van der Waals surface area (Å²) in [5.74, 6) is 0. The highest BCUT2D eigenvalue weighted by Crippen LogP contribution is 2.28. The fourth-order valence-electron chi connectivity index (χ4n) is 6.64. The van der Waals surface area contributed by atoms with E-state index in [1.165, 1.54) is 200 Å². The molecule has 0 saturated heterocycles. The van der Waals surface area contributed by atoms with Crippen LogP contribution in [0.4, 0.5) is 0 Å². The van der Waals surface area contributed by atoms with E-state index in [4.69, 9.17) is 0 Å². The Balaban J connectivity index is 1.30. The molecule has 0 radical (unpaired) electrons. The average Bonchev–Trinajstić information content (AvgIpc) is 3.35. The van der Waals surface area contributed by atoms with Gasteiger partial charge in [0.2, 0.25) is 0 Å². The monoisotopic (exact) mass is 560 g/mol. The predicted molar refractivity (Wildman–Crippen MR) is 185 cm³/mol. The number of hydrogen-bond donors (Lipinski definition) is 1. The molecule has 3 aromatic rings. The van der Waals surface area contributed by atoms with Crippen molar-refractivity contribution in [2.45, 2.75) is 181 Å². The summed E-state index contributed by atoms with van der Waals surface area (Å²) in [6.07, 6.45) is 36.5. The lowest BCUT2D eigenvalue weighted by Crippen LogP contribution is -1.88. The van der Waals surface area contributed by atoms with Crippen LogP contribution in [0.15, 0.2) is 36.4 Å². The van der Waals surface area contributed by atoms with Crippen molar-refractivity contribution in [3.05, 3.63) is 47.5 Å². The van der Waals surface area contributed by atoms with Gasteiger partial charge in [-0.3, -0.25) is 0 Å². The van der Waals surface area contributed by atoms with Gasteiger partial charge in [-0.05, 0) is 61.1 Å². The fraction of sp³-hybridized carbons (Fsp3) is 0.700. The van der Waals surface area contributed by atoms with Gasteiger partial charge in [0.15, 0.2) is 0 Å². The Morgan fingerprint density at radius 1 is 0.366 bits per heavy atom. The van der Waals surface area contributed by atoms with E-state index in [0.717, 1.165) is 0 Å². The van der Waals surface area contributed by atoms with Crippen molar-refractivity contribution < 1.29 is 0 Å². The SMILES string of the molecule is CCCCCCCCCCCCCCc1ccc2[nH]c3ccc(CCCCCCCCCCCCCC)cc3c2c1. The molecule has 2 aromatic carbocycles. The maximum Gasteiger partial charge on any atom is 0.0465 e. The second-order valence-electron chi connectivity index (χ2n) is 13.2. The van der Waals surface area contributed by atoms with E-state index < -0.39 is 0 Å². The van der Waals surface area contributed by atoms with Crippen LogP contribution in [0.2, 0.25) is 0 Å². The summed E-state index contributed by atoms with van der Waals surface area (Å²) in [5.41, 5.74) is 5.61. The maximum absolute atomic E-state index is 3.66. The number of fused-ring (bicyclic) bond motifs is 3. The maximum atomic E-state index is 3.66. The van der Waals surface area contributed by atoms with Crippen molar-refractivity contribution in [2.24, 2.45) is 0 Å². The van der Waals surface area contributed by atoms with E-state index in [-0.39, 0.29) is 0 Å². The number of aryl methyl sites for hydroxylation is 2. The van der Waals surface area contributed by atoms with E-state index in [2.05, 4.69) is 55.2 Å². The second-order valence-corrected chi connectivity index (χ2v) is 13.2. The van der Waals surface area contributed by atoms with Gasteiger partial charge < -0.3 is 4.98 Å². The zero-order valence-electron chi connectivity index (χ0n) is 27.3. The van der Waals surface area contributed by atoms with Crippen LogP contribution < -0.4 is 0 Å². The number of nitrogens with one attached hydrogen (secondary N) is 1. The topological polar surface area (TPSA) is 15.8 Å². The number of unbranched alkanes of at least 4 members (excludes halogenated alkanes) is 22. The van der Waals surface area contributed by atoms with Crippen LogP contribution in [0.3, 0.4) is 0 Å². The van der Waals surface area contributed by atoms with E-state index in [0.29, 0.717) is 0 Å². The van der Waals surface area contributed by atoms with Crippen LogP contribution in [-0.2, 0) is 12.8 Å². The van der Waals surface area contributed by atoms with Gasteiger partial charge in [0, 0.05) is 21.8 Å². The smallest absolute Gasteiger partial charge is 0.0465 e. The second kappa shape index (κ2) is 21.9. The Bertz CT molecular complexity index is 961. The van der Waals surface area contributed by atoms with E-state index in [1.54, 1.807) is 0 Å². The van der Waals surface area contributed by atoms with Gasteiger partial charge in [-0.15, -0.1) is 0 Å². The molecule has 0 unspecified atom stereocenters. The van der Waals surface area contributed by atoms with Gasteiger partial charge in [0.25, 0.3) is 0 Å². The first-order valence-electron chi connectivity index (χ1n) is 18.3. The normalized spacial score (nSPS) is 11.8. The average molecular weight is 560 g/mol. The first-order chi connectivity index (χ1) is 20.3. The molecule has 1 heteroatoms. The van der Waals surface area contributed by atoms with Gasteiger partial charge in [0.1, 0.15) is 0 Å². The molecule has 0 amide bonds. The van der Waals surface area contributed by atoms with Crippen LogP contribution in [0.25, 0.3) is 21.8 Å². The summed E-state index contributed by atoms with van der Waals surface area (Å²) in [6.45, 7) is 4.61. The van der Waals surface area contributed by atoms with Crippen LogP contribution >= 0.6 is 0 Å². The van der Waals surface area contributed by atoms with Gasteiger partial charge in [-0.2, -0.15) is 0 Å². The molecule has 1 N–H and O–H groups in total. The number of aromatic amines is 1. The zero-order chi connectivity index (χ0) is 28.8. The van der Waals surface area contributed by atoms with Gasteiger partial charge in [-0.25, -0.2) is 0 Å². The molecule has 0 aliphatic carbocycles. The molecule has 1 nitrogen and oxygen atoms in total. The molecule has 1 aromatic heterocycles. The van der Waals surface area contributed by atoms with Crippen molar-refractivity contribution in [3.8, 4) is 0 Å². The highest BCUT2D eigenvalue weighted by atomic mass is 14.7. The van der Waals surface area contributed by atoms with Crippen molar-refractivity contribution in [1.29, 1.82) is 0 Å². The van der Waals surface area contributed by atoms with Crippen LogP contribution in [-0.4, -0.2) is 4.98 Å². The van der Waals surface area contributed by atoms with E-state index in [9.17, 15) is 0 Å². The number of benzene rings is 2. The Hall–Kier alpha value is -1.76. The van der Waals surface area contributed by atoms with E-state index in [1.807, 2.05) is 0 Å². The highest BCUT2D eigenvalue weighted by molar-refractivity contribution is 6.07. The van der Waals surface area contributed by atoms with Crippen molar-refractivity contribution in [1.82, 2.24) is 4.98 Å². The zero-order valence-corrected chi connectivity index (χ0v) is 27.3. The molecule has 3 rings (SSSR count). The molecule has 0 fully saturated rings. The number of hydrogen-bond acceptors (Lipinski definition) is 0. The standard InChI is InChI=1S/C40H65N/c1-3-5-7-9-11-13-15-17-19-21-23-25-27-35-29-31-39-37(33-35)38-34-36(30-32-40(38)41-39)28-26-24-22-20-18-16-14-12-10-8-6-4-2/h29-34,41H,3-28H2,1-2H3. The van der Waals surface area contributed by atoms with Crippen LogP contribution in [0.1, 0.15) is 179 Å². The summed E-state index contributed by atoms with van der Waals surface area (Å²) in [6, 6.07) is 14.3. The highest BCUT2D eigenvalue weighted by Gasteiger charge is 2.07. The molecule has 0 saturated carbocycles. The lowest BCUT2D eigenvalue weighted by molar-refractivity contribution is 0.544. The predicted octanol–water partition coefficient (Wildman–Crippen LogP) is 13.8. The molecule has 0 spiro atoms. The Morgan fingerprint density at radius 2 is 0.659 bits per heavy atom. The molecule has 230 valence electrons. The van der Waals surface area contributed by atoms with E-state index >= 15 is 0 Å². The number of H-pyrrole nitrogens is 1. The summed E-state index contributed by atoms with van der Waals surface area (Å²) in [5, 5.41) is 2.85. The first-order valence-corrected chi connectivity index (χ1v) is 18.3. The summed E-state index contributed by atoms with van der Waals surface area (Å²) in [4.78, 5) is 3.66. The minimum absolute atomic E-state index is 1.22. The Morgan fingerprint density at radius 3 is 0.976 bits per heavy atom. The largest absolute Gasteiger partial charge is 0.355 e. The van der Waals surface area contributed by atoms with Crippen molar-refractivity contribution in [2.75, 3.05) is 0 Å². The fourth-order valence-corrected chi connectivity index (χ4v) is 6.64. The lowest BCUT2D eigenvalue weighted by atomic mass is 10.0. The number of aromatic nitrogens is 1.